The van der Waals surface area contributed by atoms with E-state index in [0.29, 0.717) is 5.82 Å². The van der Waals surface area contributed by atoms with Crippen LogP contribution >= 0.6 is 0 Å². The van der Waals surface area contributed by atoms with Gasteiger partial charge in [0.1, 0.15) is 11.6 Å². The van der Waals surface area contributed by atoms with Gasteiger partial charge in [0.2, 0.25) is 0 Å². The zero-order valence-electron chi connectivity index (χ0n) is 11.3. The fourth-order valence-electron chi connectivity index (χ4n) is 2.09. The normalized spacial score (nSPS) is 12.1. The summed E-state index contributed by atoms with van der Waals surface area (Å²) in [5.41, 5.74) is 8.18. The molecule has 2 aromatic rings. The monoisotopic (exact) mass is 257 g/mol. The van der Waals surface area contributed by atoms with E-state index in [0.717, 1.165) is 17.7 Å². The molecule has 0 bridgehead atoms. The molecule has 4 heteroatoms. The van der Waals surface area contributed by atoms with Crippen molar-refractivity contribution in [1.29, 1.82) is 0 Å². The Morgan fingerprint density at radius 2 is 2.00 bits per heavy atom. The molecule has 1 unspecified atom stereocenters. The van der Waals surface area contributed by atoms with Gasteiger partial charge in [0, 0.05) is 17.8 Å². The lowest BCUT2D eigenvalue weighted by Crippen LogP contribution is -2.20. The number of nitrogens with zero attached hydrogens (tertiary/aromatic N) is 1. The number of anilines is 1. The number of nitrogens with two attached hydrogens (primary N) is 1. The van der Waals surface area contributed by atoms with Gasteiger partial charge in [0.25, 0.3) is 0 Å². The Balaban J connectivity index is 2.17. The highest BCUT2D eigenvalue weighted by Crippen LogP contribution is 2.22. The van der Waals surface area contributed by atoms with E-state index < -0.39 is 0 Å². The number of hydrogen-bond donors (Lipinski definition) is 2. The lowest BCUT2D eigenvalue weighted by molar-refractivity contribution is 0.414. The first-order valence-corrected chi connectivity index (χ1v) is 6.25. The second kappa shape index (κ2) is 6.20. The highest BCUT2D eigenvalue weighted by Gasteiger charge is 2.13. The first-order valence-electron chi connectivity index (χ1n) is 6.25. The molecule has 0 amide bonds. The summed E-state index contributed by atoms with van der Waals surface area (Å²) in [7, 11) is 3.60. The highest BCUT2D eigenvalue weighted by atomic mass is 16.5. The number of hydrogen-bond acceptors (Lipinski definition) is 4. The third-order valence-electron chi connectivity index (χ3n) is 3.19. The fraction of sp³-hybridized carbons (Fsp3) is 0.267. The first-order chi connectivity index (χ1) is 9.24. The topological polar surface area (TPSA) is 60.2 Å². The van der Waals surface area contributed by atoms with Crippen molar-refractivity contribution in [3.8, 4) is 5.75 Å². The summed E-state index contributed by atoms with van der Waals surface area (Å²) in [6.45, 7) is 0. The average Bonchev–Trinajstić information content (AvgIpc) is 2.46. The summed E-state index contributed by atoms with van der Waals surface area (Å²) in [5, 5.41) is 3.29. The molecule has 0 saturated carbocycles. The van der Waals surface area contributed by atoms with Crippen LogP contribution in [0.5, 0.6) is 5.75 Å². The molecule has 19 heavy (non-hydrogen) atoms. The van der Waals surface area contributed by atoms with E-state index in [4.69, 9.17) is 10.5 Å². The number of likely N-dealkylation sites (N-methyl/N-ethyl adjacent to an activating group) is 1. The molecule has 4 nitrogen and oxygen atoms in total. The maximum Gasteiger partial charge on any atom is 0.128 e. The van der Waals surface area contributed by atoms with E-state index in [2.05, 4.69) is 22.4 Å². The Kier molecular flexibility index (Phi) is 4.36. The Labute approximate surface area is 113 Å². The minimum Gasteiger partial charge on any atom is -0.497 e. The largest absolute Gasteiger partial charge is 0.497 e. The van der Waals surface area contributed by atoms with Gasteiger partial charge in [-0.25, -0.2) is 4.98 Å². The van der Waals surface area contributed by atoms with E-state index in [1.807, 2.05) is 31.3 Å². The van der Waals surface area contributed by atoms with Crippen molar-refractivity contribution in [2.45, 2.75) is 12.5 Å². The number of nitrogen functional groups attached to an aromatic ring is 1. The van der Waals surface area contributed by atoms with E-state index in [1.54, 1.807) is 13.3 Å². The Morgan fingerprint density at radius 1 is 1.26 bits per heavy atom. The summed E-state index contributed by atoms with van der Waals surface area (Å²) in [6.07, 6.45) is 2.56. The molecule has 0 aliphatic rings. The van der Waals surface area contributed by atoms with Crippen molar-refractivity contribution >= 4 is 5.82 Å². The van der Waals surface area contributed by atoms with Crippen LogP contribution in [-0.4, -0.2) is 19.1 Å². The summed E-state index contributed by atoms with van der Waals surface area (Å²) < 4.78 is 5.16. The zero-order valence-corrected chi connectivity index (χ0v) is 11.3. The van der Waals surface area contributed by atoms with Gasteiger partial charge < -0.3 is 15.8 Å². The van der Waals surface area contributed by atoms with Crippen molar-refractivity contribution < 1.29 is 4.74 Å². The molecule has 3 N–H and O–H groups in total. The van der Waals surface area contributed by atoms with Gasteiger partial charge in [-0.05, 0) is 37.2 Å². The fourth-order valence-corrected chi connectivity index (χ4v) is 2.09. The van der Waals surface area contributed by atoms with E-state index in [-0.39, 0.29) is 6.04 Å². The first kappa shape index (κ1) is 13.4. The van der Waals surface area contributed by atoms with Gasteiger partial charge in [-0.3, -0.25) is 0 Å². The number of benzene rings is 1. The summed E-state index contributed by atoms with van der Waals surface area (Å²) >= 11 is 0. The third kappa shape index (κ3) is 3.23. The molecule has 0 radical (unpaired) electrons. The predicted molar refractivity (Wildman–Crippen MR) is 77.1 cm³/mol. The van der Waals surface area contributed by atoms with Crippen molar-refractivity contribution in [3.05, 3.63) is 53.7 Å². The van der Waals surface area contributed by atoms with Crippen LogP contribution in [0.1, 0.15) is 17.2 Å². The molecule has 0 spiro atoms. The zero-order chi connectivity index (χ0) is 13.7. The Morgan fingerprint density at radius 3 is 2.58 bits per heavy atom. The molecule has 100 valence electrons. The number of ether oxygens (including phenoxy) is 1. The maximum atomic E-state index is 5.93. The number of pyridine rings is 1. The van der Waals surface area contributed by atoms with Crippen LogP contribution in [0, 0.1) is 0 Å². The van der Waals surface area contributed by atoms with Gasteiger partial charge in [0.15, 0.2) is 0 Å². The summed E-state index contributed by atoms with van der Waals surface area (Å²) in [6, 6.07) is 12.1. The molecule has 1 aromatic carbocycles. The smallest absolute Gasteiger partial charge is 0.128 e. The summed E-state index contributed by atoms with van der Waals surface area (Å²) in [4.78, 5) is 4.13. The van der Waals surface area contributed by atoms with E-state index in [9.17, 15) is 0 Å². The lowest BCUT2D eigenvalue weighted by Gasteiger charge is -2.18. The molecule has 1 atom stereocenters. The van der Waals surface area contributed by atoms with Crippen LogP contribution < -0.4 is 15.8 Å². The second-order valence-electron chi connectivity index (χ2n) is 4.37. The number of rotatable bonds is 5. The highest BCUT2D eigenvalue weighted by molar-refractivity contribution is 5.41. The molecule has 2 rings (SSSR count). The standard InChI is InChI=1S/C15H19N3O/c1-17-14(13-4-3-9-18-15(13)16)10-11-5-7-12(19-2)8-6-11/h3-9,14,17H,10H2,1-2H3,(H2,16,18). The molecular weight excluding hydrogens is 238 g/mol. The minimum absolute atomic E-state index is 0.155. The van der Waals surface area contributed by atoms with Crippen LogP contribution in [0.25, 0.3) is 0 Å². The molecule has 0 fully saturated rings. The second-order valence-corrected chi connectivity index (χ2v) is 4.37. The van der Waals surface area contributed by atoms with Crippen molar-refractivity contribution in [2.24, 2.45) is 0 Å². The van der Waals surface area contributed by atoms with Crippen molar-refractivity contribution in [1.82, 2.24) is 10.3 Å². The van der Waals surface area contributed by atoms with Crippen LogP contribution in [0.3, 0.4) is 0 Å². The SMILES string of the molecule is CNC(Cc1ccc(OC)cc1)c1cccnc1N. The van der Waals surface area contributed by atoms with Crippen LogP contribution in [0.4, 0.5) is 5.82 Å². The predicted octanol–water partition coefficient (Wildman–Crippen LogP) is 2.18. The van der Waals surface area contributed by atoms with E-state index >= 15 is 0 Å². The number of methoxy groups -OCH3 is 1. The third-order valence-corrected chi connectivity index (χ3v) is 3.19. The number of nitrogens with one attached hydrogen (secondary N) is 1. The van der Waals surface area contributed by atoms with E-state index in [1.165, 1.54) is 5.56 Å². The van der Waals surface area contributed by atoms with Crippen LogP contribution in [-0.2, 0) is 6.42 Å². The van der Waals surface area contributed by atoms with Crippen LogP contribution in [0.2, 0.25) is 0 Å². The van der Waals surface area contributed by atoms with Crippen molar-refractivity contribution in [2.75, 3.05) is 19.9 Å². The van der Waals surface area contributed by atoms with Gasteiger partial charge in [-0.2, -0.15) is 0 Å². The molecular formula is C15H19N3O. The molecule has 0 aliphatic carbocycles. The van der Waals surface area contributed by atoms with Gasteiger partial charge in [-0.15, -0.1) is 0 Å². The van der Waals surface area contributed by atoms with Gasteiger partial charge in [0.05, 0.1) is 7.11 Å². The molecule has 0 saturated heterocycles. The van der Waals surface area contributed by atoms with Gasteiger partial charge >= 0.3 is 0 Å². The average molecular weight is 257 g/mol. The van der Waals surface area contributed by atoms with Crippen LogP contribution in [0.15, 0.2) is 42.6 Å². The minimum atomic E-state index is 0.155. The number of aromatic nitrogens is 1. The Hall–Kier alpha value is -2.07. The molecule has 1 heterocycles. The van der Waals surface area contributed by atoms with Gasteiger partial charge in [-0.1, -0.05) is 18.2 Å². The molecule has 1 aromatic heterocycles. The van der Waals surface area contributed by atoms with Crippen molar-refractivity contribution in [3.63, 3.8) is 0 Å². The maximum absolute atomic E-state index is 5.93. The molecule has 0 aliphatic heterocycles. The lowest BCUT2D eigenvalue weighted by atomic mass is 9.99. The summed E-state index contributed by atoms with van der Waals surface area (Å²) in [5.74, 6) is 1.45. The quantitative estimate of drug-likeness (QED) is 0.862. The Bertz CT molecular complexity index is 525.